The number of benzene rings is 2. The van der Waals surface area contributed by atoms with Gasteiger partial charge in [-0.2, -0.15) is 0 Å². The van der Waals surface area contributed by atoms with Crippen LogP contribution >= 0.6 is 0 Å². The Balaban J connectivity index is 2.24. The molecule has 0 spiro atoms. The fraction of sp³-hybridized carbons (Fsp3) is 0.364. The summed E-state index contributed by atoms with van der Waals surface area (Å²) in [4.78, 5) is 24.4. The molecule has 0 aliphatic carbocycles. The summed E-state index contributed by atoms with van der Waals surface area (Å²) in [7, 11) is -3.67. The first kappa shape index (κ1) is 22.6. The molecular formula is C22H27NO5S. The normalized spacial score (nSPS) is 11.2. The summed E-state index contributed by atoms with van der Waals surface area (Å²) in [6, 6.07) is 8.84. The third kappa shape index (κ3) is 5.23. The third-order valence-electron chi connectivity index (χ3n) is 4.92. The molecule has 0 heterocycles. The second-order valence-electron chi connectivity index (χ2n) is 7.26. The lowest BCUT2D eigenvalue weighted by molar-refractivity contribution is -0.143. The Bertz CT molecular complexity index is 1060. The highest BCUT2D eigenvalue weighted by molar-refractivity contribution is 7.92. The molecule has 2 rings (SSSR count). The molecule has 0 aromatic heterocycles. The first-order chi connectivity index (χ1) is 13.4. The second kappa shape index (κ2) is 8.78. The SMILES string of the molecule is CC(=O)c1c(C)cc(C)c(COC(=O)CN(c2ccccc2C)S(C)(=O)=O)c1C. The quantitative estimate of drug-likeness (QED) is 0.508. The zero-order valence-corrected chi connectivity index (χ0v) is 18.5. The number of anilines is 1. The Morgan fingerprint density at radius 3 is 2.17 bits per heavy atom. The van der Waals surface area contributed by atoms with E-state index < -0.39 is 22.5 Å². The molecule has 0 saturated heterocycles. The van der Waals surface area contributed by atoms with Crippen molar-refractivity contribution < 1.29 is 22.7 Å². The van der Waals surface area contributed by atoms with Crippen molar-refractivity contribution in [1.29, 1.82) is 0 Å². The molecule has 0 fully saturated rings. The number of carbonyl (C=O) groups excluding carboxylic acids is 2. The average Bonchev–Trinajstić information content (AvgIpc) is 2.58. The highest BCUT2D eigenvalue weighted by atomic mass is 32.2. The molecule has 0 radical (unpaired) electrons. The number of carbonyl (C=O) groups is 2. The first-order valence-corrected chi connectivity index (χ1v) is 11.1. The summed E-state index contributed by atoms with van der Waals surface area (Å²) >= 11 is 0. The number of rotatable bonds is 7. The van der Waals surface area contributed by atoms with Gasteiger partial charge in [-0.05, 0) is 68.5 Å². The van der Waals surface area contributed by atoms with Crippen LogP contribution in [0.15, 0.2) is 30.3 Å². The number of hydrogen-bond acceptors (Lipinski definition) is 5. The molecule has 0 N–H and O–H groups in total. The molecule has 2 aromatic rings. The van der Waals surface area contributed by atoms with Crippen molar-refractivity contribution in [2.45, 2.75) is 41.2 Å². The van der Waals surface area contributed by atoms with E-state index in [0.717, 1.165) is 38.4 Å². The maximum absolute atomic E-state index is 12.5. The minimum atomic E-state index is -3.67. The summed E-state index contributed by atoms with van der Waals surface area (Å²) in [5.74, 6) is -0.710. The second-order valence-corrected chi connectivity index (χ2v) is 9.17. The monoisotopic (exact) mass is 417 g/mol. The van der Waals surface area contributed by atoms with E-state index in [1.54, 1.807) is 31.2 Å². The predicted molar refractivity (Wildman–Crippen MR) is 114 cm³/mol. The van der Waals surface area contributed by atoms with Gasteiger partial charge in [0.2, 0.25) is 10.0 Å². The van der Waals surface area contributed by atoms with Crippen molar-refractivity contribution in [3.63, 3.8) is 0 Å². The molecule has 2 aromatic carbocycles. The molecule has 0 aliphatic heterocycles. The van der Waals surface area contributed by atoms with Crippen LogP contribution in [-0.2, 0) is 26.2 Å². The van der Waals surface area contributed by atoms with Gasteiger partial charge >= 0.3 is 5.97 Å². The number of hydrogen-bond donors (Lipinski definition) is 0. The Hall–Kier alpha value is -2.67. The molecule has 29 heavy (non-hydrogen) atoms. The maximum atomic E-state index is 12.5. The van der Waals surface area contributed by atoms with E-state index >= 15 is 0 Å². The van der Waals surface area contributed by atoms with Gasteiger partial charge < -0.3 is 4.74 Å². The van der Waals surface area contributed by atoms with Crippen molar-refractivity contribution in [2.75, 3.05) is 17.1 Å². The lowest BCUT2D eigenvalue weighted by Gasteiger charge is -2.23. The van der Waals surface area contributed by atoms with Crippen LogP contribution in [0.5, 0.6) is 0 Å². The molecule has 0 bridgehead atoms. The third-order valence-corrected chi connectivity index (χ3v) is 6.04. The van der Waals surface area contributed by atoms with Gasteiger partial charge in [-0.25, -0.2) is 8.42 Å². The summed E-state index contributed by atoms with van der Waals surface area (Å²) in [6.07, 6.45) is 1.06. The van der Waals surface area contributed by atoms with Crippen LogP contribution in [0.25, 0.3) is 0 Å². The summed E-state index contributed by atoms with van der Waals surface area (Å²) in [5, 5.41) is 0. The van der Waals surface area contributed by atoms with Crippen LogP contribution in [-0.4, -0.2) is 33.0 Å². The lowest BCUT2D eigenvalue weighted by atomic mass is 9.92. The summed E-state index contributed by atoms with van der Waals surface area (Å²) in [5.41, 5.74) is 5.13. The zero-order chi connectivity index (χ0) is 21.9. The maximum Gasteiger partial charge on any atom is 0.327 e. The fourth-order valence-electron chi connectivity index (χ4n) is 3.53. The highest BCUT2D eigenvalue weighted by Gasteiger charge is 2.23. The molecule has 0 amide bonds. The van der Waals surface area contributed by atoms with Gasteiger partial charge in [-0.1, -0.05) is 24.3 Å². The van der Waals surface area contributed by atoms with Gasteiger partial charge in [0.15, 0.2) is 5.78 Å². The standard InChI is InChI=1S/C22H27NO5S/c1-14-9-7-8-10-20(14)23(29(6,26)27)12-21(25)28-13-19-15(2)11-16(3)22(17(19)4)18(5)24/h7-11H,12-13H2,1-6H3. The van der Waals surface area contributed by atoms with Crippen molar-refractivity contribution in [2.24, 2.45) is 0 Å². The van der Waals surface area contributed by atoms with Crippen LogP contribution in [0, 0.1) is 27.7 Å². The largest absolute Gasteiger partial charge is 0.459 e. The number of ketones is 1. The van der Waals surface area contributed by atoms with Crippen LogP contribution in [0.3, 0.4) is 0 Å². The molecule has 0 aliphatic rings. The van der Waals surface area contributed by atoms with Crippen LogP contribution in [0.2, 0.25) is 0 Å². The number of aryl methyl sites for hydroxylation is 3. The number of sulfonamides is 1. The van der Waals surface area contributed by atoms with E-state index in [4.69, 9.17) is 4.74 Å². The van der Waals surface area contributed by atoms with E-state index in [-0.39, 0.29) is 12.4 Å². The number of para-hydroxylation sites is 1. The number of Topliss-reactive ketones (excluding diaryl/α,β-unsaturated/α-hetero) is 1. The highest BCUT2D eigenvalue weighted by Crippen LogP contribution is 2.25. The van der Waals surface area contributed by atoms with Crippen molar-refractivity contribution >= 4 is 27.5 Å². The van der Waals surface area contributed by atoms with Gasteiger partial charge in [-0.3, -0.25) is 13.9 Å². The van der Waals surface area contributed by atoms with E-state index in [1.807, 2.05) is 26.8 Å². The number of ether oxygens (including phenoxy) is 1. The Morgan fingerprint density at radius 2 is 1.62 bits per heavy atom. The smallest absolute Gasteiger partial charge is 0.327 e. The summed E-state index contributed by atoms with van der Waals surface area (Å²) in [6.45, 7) is 8.43. The Kier molecular flexibility index (Phi) is 6.85. The summed E-state index contributed by atoms with van der Waals surface area (Å²) < 4.78 is 30.9. The molecule has 6 nitrogen and oxygen atoms in total. The predicted octanol–water partition coefficient (Wildman–Crippen LogP) is 3.63. The van der Waals surface area contributed by atoms with Crippen molar-refractivity contribution in [3.8, 4) is 0 Å². The van der Waals surface area contributed by atoms with Crippen LogP contribution in [0.4, 0.5) is 5.69 Å². The van der Waals surface area contributed by atoms with Crippen molar-refractivity contribution in [3.05, 3.63) is 63.7 Å². The Labute approximate surface area is 172 Å². The zero-order valence-electron chi connectivity index (χ0n) is 17.7. The van der Waals surface area contributed by atoms with Crippen LogP contribution < -0.4 is 4.31 Å². The minimum absolute atomic E-state index is 0.0254. The average molecular weight is 418 g/mol. The van der Waals surface area contributed by atoms with Gasteiger partial charge in [0.1, 0.15) is 13.2 Å². The van der Waals surface area contributed by atoms with Crippen LogP contribution in [0.1, 0.15) is 45.1 Å². The van der Waals surface area contributed by atoms with Gasteiger partial charge in [0.05, 0.1) is 11.9 Å². The lowest BCUT2D eigenvalue weighted by Crippen LogP contribution is -2.36. The molecule has 0 saturated carbocycles. The molecule has 0 unspecified atom stereocenters. The van der Waals surface area contributed by atoms with Gasteiger partial charge in [-0.15, -0.1) is 0 Å². The minimum Gasteiger partial charge on any atom is -0.459 e. The van der Waals surface area contributed by atoms with E-state index in [1.165, 1.54) is 6.92 Å². The van der Waals surface area contributed by atoms with Gasteiger partial charge in [0.25, 0.3) is 0 Å². The molecular weight excluding hydrogens is 390 g/mol. The van der Waals surface area contributed by atoms with E-state index in [0.29, 0.717) is 11.3 Å². The fourth-order valence-corrected chi connectivity index (χ4v) is 4.43. The van der Waals surface area contributed by atoms with Crippen molar-refractivity contribution in [1.82, 2.24) is 0 Å². The Morgan fingerprint density at radius 1 is 1.00 bits per heavy atom. The molecule has 0 atom stereocenters. The van der Waals surface area contributed by atoms with E-state index in [2.05, 4.69) is 0 Å². The number of nitrogens with zero attached hydrogens (tertiary/aromatic N) is 1. The molecule has 7 heteroatoms. The molecule has 156 valence electrons. The van der Waals surface area contributed by atoms with E-state index in [9.17, 15) is 18.0 Å². The topological polar surface area (TPSA) is 80.8 Å². The first-order valence-electron chi connectivity index (χ1n) is 9.23. The number of esters is 1. The van der Waals surface area contributed by atoms with Gasteiger partial charge in [0, 0.05) is 5.56 Å².